The van der Waals surface area contributed by atoms with E-state index >= 15 is 0 Å². The number of rotatable bonds is 4. The van der Waals surface area contributed by atoms with Crippen molar-refractivity contribution in [3.63, 3.8) is 0 Å². The van der Waals surface area contributed by atoms with Crippen molar-refractivity contribution in [3.8, 4) is 0 Å². The summed E-state index contributed by atoms with van der Waals surface area (Å²) in [6.07, 6.45) is 3.40. The van der Waals surface area contributed by atoms with Crippen LogP contribution in [0.1, 0.15) is 26.2 Å². The maximum absolute atomic E-state index is 5.43. The number of nitrogens with zero attached hydrogens (tertiary/aromatic N) is 1. The zero-order valence-electron chi connectivity index (χ0n) is 8.16. The molecule has 0 amide bonds. The van der Waals surface area contributed by atoms with E-state index in [4.69, 9.17) is 11.5 Å². The number of aliphatic imine (C=N–C) groups is 1. The lowest BCUT2D eigenvalue weighted by molar-refractivity contribution is 0.726. The number of nitrogens with two attached hydrogens (primary N) is 2. The topological polar surface area (TPSA) is 76.4 Å². The van der Waals surface area contributed by atoms with Gasteiger partial charge < -0.3 is 16.8 Å². The van der Waals surface area contributed by atoms with Gasteiger partial charge in [0.15, 0.2) is 11.1 Å². The van der Waals surface area contributed by atoms with Crippen LogP contribution in [0.2, 0.25) is 0 Å². The van der Waals surface area contributed by atoms with Crippen LogP contribution in [0, 0.1) is 0 Å². The summed E-state index contributed by atoms with van der Waals surface area (Å²) in [6.45, 7) is 2.87. The molecule has 5 N–H and O–H groups in total. The third-order valence-electron chi connectivity index (χ3n) is 1.30. The van der Waals surface area contributed by atoms with Crippen LogP contribution >= 0.6 is 37.0 Å². The first kappa shape index (κ1) is 19.3. The van der Waals surface area contributed by atoms with Gasteiger partial charge in [0.1, 0.15) is 0 Å². The first-order chi connectivity index (χ1) is 5.66. The summed E-state index contributed by atoms with van der Waals surface area (Å²) in [6, 6.07) is 0. The molecule has 0 fully saturated rings. The van der Waals surface area contributed by atoms with Gasteiger partial charge in [-0.2, -0.15) is 0 Å². The van der Waals surface area contributed by atoms with Gasteiger partial charge in [0.25, 0.3) is 0 Å². The van der Waals surface area contributed by atoms with Gasteiger partial charge in [0.05, 0.1) is 0 Å². The molecule has 0 aromatic carbocycles. The van der Waals surface area contributed by atoms with Gasteiger partial charge in [-0.05, 0) is 18.6 Å². The van der Waals surface area contributed by atoms with Crippen molar-refractivity contribution >= 4 is 48.1 Å². The summed E-state index contributed by atoms with van der Waals surface area (Å²) in [5.41, 5.74) is 10.6. The lowest BCUT2D eigenvalue weighted by atomic mass is 10.2. The van der Waals surface area contributed by atoms with Crippen molar-refractivity contribution in [1.29, 1.82) is 0 Å². The van der Waals surface area contributed by atoms with E-state index in [1.165, 1.54) is 12.8 Å². The van der Waals surface area contributed by atoms with Gasteiger partial charge in [-0.3, -0.25) is 4.99 Å². The monoisotopic (exact) mass is 260 g/mol. The molecule has 0 rings (SSSR count). The molecule has 0 saturated carbocycles. The van der Waals surface area contributed by atoms with Crippen LogP contribution in [0.4, 0.5) is 0 Å². The summed E-state index contributed by atoms with van der Waals surface area (Å²) in [5, 5.41) is 2.72. The van der Waals surface area contributed by atoms with Crippen LogP contribution in [0.25, 0.3) is 0 Å². The van der Waals surface area contributed by atoms with Crippen molar-refractivity contribution in [1.82, 2.24) is 5.32 Å². The van der Waals surface area contributed by atoms with E-state index in [-0.39, 0.29) is 29.9 Å². The minimum atomic E-state index is 0. The van der Waals surface area contributed by atoms with Crippen molar-refractivity contribution in [3.05, 3.63) is 0 Å². The average molecular weight is 261 g/mol. The van der Waals surface area contributed by atoms with E-state index in [2.05, 4.69) is 29.5 Å². The molecule has 0 bridgehead atoms. The quantitative estimate of drug-likeness (QED) is 0.307. The highest BCUT2D eigenvalue weighted by Crippen LogP contribution is 1.92. The van der Waals surface area contributed by atoms with Crippen LogP contribution in [-0.4, -0.2) is 17.6 Å². The third-order valence-corrected chi connectivity index (χ3v) is 1.40. The van der Waals surface area contributed by atoms with E-state index in [0.717, 1.165) is 13.0 Å². The Morgan fingerprint density at radius 3 is 2.29 bits per heavy atom. The molecule has 0 radical (unpaired) electrons. The van der Waals surface area contributed by atoms with Crippen LogP contribution in [0.5, 0.6) is 0 Å². The second kappa shape index (κ2) is 12.7. The third kappa shape index (κ3) is 14.3. The normalized spacial score (nSPS) is 9.64. The number of hydrogen-bond donors (Lipinski definition) is 3. The standard InChI is InChI=1S/C7H16N4S.2ClH/c1-2-3-4-5-10-6(8)11-7(9)12;;/h2-5H2,1H3,(H5,8,9,10,11,12);2*1H. The summed E-state index contributed by atoms with van der Waals surface area (Å²) in [7, 11) is 0. The Kier molecular flexibility index (Phi) is 17.6. The Bertz CT molecular complexity index is 175. The average Bonchev–Trinajstić information content (AvgIpc) is 1.97. The minimum absolute atomic E-state index is 0. The maximum atomic E-state index is 5.43. The molecular weight excluding hydrogens is 243 g/mol. The fourth-order valence-electron chi connectivity index (χ4n) is 0.727. The second-order valence-corrected chi connectivity index (χ2v) is 2.90. The lowest BCUT2D eigenvalue weighted by Crippen LogP contribution is -2.40. The molecule has 0 aliphatic heterocycles. The van der Waals surface area contributed by atoms with Gasteiger partial charge in [0.2, 0.25) is 0 Å². The Hall–Kier alpha value is -0.260. The Labute approximate surface area is 103 Å². The van der Waals surface area contributed by atoms with Gasteiger partial charge in [0, 0.05) is 6.54 Å². The molecule has 7 heteroatoms. The van der Waals surface area contributed by atoms with Gasteiger partial charge >= 0.3 is 0 Å². The number of thiocarbonyl (C=S) groups is 1. The van der Waals surface area contributed by atoms with Gasteiger partial charge in [-0.15, -0.1) is 24.8 Å². The number of guanidine groups is 1. The highest BCUT2D eigenvalue weighted by Gasteiger charge is 1.90. The van der Waals surface area contributed by atoms with E-state index in [0.29, 0.717) is 5.96 Å². The molecule has 0 saturated heterocycles. The molecule has 0 spiro atoms. The zero-order chi connectivity index (χ0) is 9.40. The first-order valence-corrected chi connectivity index (χ1v) is 4.44. The highest BCUT2D eigenvalue weighted by atomic mass is 35.5. The van der Waals surface area contributed by atoms with Crippen LogP contribution in [0.15, 0.2) is 4.99 Å². The van der Waals surface area contributed by atoms with Crippen molar-refractivity contribution in [2.24, 2.45) is 16.5 Å². The molecule has 86 valence electrons. The molecule has 0 unspecified atom stereocenters. The Morgan fingerprint density at radius 1 is 1.29 bits per heavy atom. The lowest BCUT2D eigenvalue weighted by Gasteiger charge is -2.01. The fourth-order valence-corrected chi connectivity index (χ4v) is 0.832. The molecule has 0 aliphatic rings. The van der Waals surface area contributed by atoms with Gasteiger partial charge in [-0.25, -0.2) is 0 Å². The molecule has 0 aromatic heterocycles. The minimum Gasteiger partial charge on any atom is -0.376 e. The van der Waals surface area contributed by atoms with E-state index in [1.807, 2.05) is 0 Å². The Balaban J connectivity index is -0.000000605. The summed E-state index contributed by atoms with van der Waals surface area (Å²) in [4.78, 5) is 4.02. The zero-order valence-corrected chi connectivity index (χ0v) is 10.6. The van der Waals surface area contributed by atoms with Crippen LogP contribution in [0.3, 0.4) is 0 Å². The van der Waals surface area contributed by atoms with Crippen molar-refractivity contribution in [2.45, 2.75) is 26.2 Å². The largest absolute Gasteiger partial charge is 0.376 e. The van der Waals surface area contributed by atoms with Crippen molar-refractivity contribution in [2.75, 3.05) is 6.54 Å². The molecule has 0 heterocycles. The molecule has 0 atom stereocenters. The summed E-state index contributed by atoms with van der Waals surface area (Å²) < 4.78 is 0. The molecular formula is C7H18Cl2N4S. The molecule has 0 aliphatic carbocycles. The number of halogens is 2. The van der Waals surface area contributed by atoms with E-state index in [1.54, 1.807) is 0 Å². The maximum Gasteiger partial charge on any atom is 0.194 e. The molecule has 4 nitrogen and oxygen atoms in total. The number of hydrogen-bond acceptors (Lipinski definition) is 2. The highest BCUT2D eigenvalue weighted by molar-refractivity contribution is 7.80. The first-order valence-electron chi connectivity index (χ1n) is 4.03. The van der Waals surface area contributed by atoms with Crippen LogP contribution in [-0.2, 0) is 0 Å². The Morgan fingerprint density at radius 2 is 1.86 bits per heavy atom. The summed E-state index contributed by atoms with van der Waals surface area (Å²) in [5.74, 6) is 0.304. The molecule has 0 aromatic rings. The number of unbranched alkanes of at least 4 members (excludes halogenated alkanes) is 2. The van der Waals surface area contributed by atoms with E-state index in [9.17, 15) is 0 Å². The van der Waals surface area contributed by atoms with Crippen LogP contribution < -0.4 is 16.8 Å². The SMILES string of the molecule is CCCCCN=C(N)NC(N)=S.Cl.Cl. The summed E-state index contributed by atoms with van der Waals surface area (Å²) >= 11 is 4.58. The number of nitrogens with one attached hydrogen (secondary N) is 1. The van der Waals surface area contributed by atoms with E-state index < -0.39 is 0 Å². The fraction of sp³-hybridized carbons (Fsp3) is 0.714. The molecule has 14 heavy (non-hydrogen) atoms. The van der Waals surface area contributed by atoms with Crippen molar-refractivity contribution < 1.29 is 0 Å². The van der Waals surface area contributed by atoms with Gasteiger partial charge in [-0.1, -0.05) is 19.8 Å². The predicted octanol–water partition coefficient (Wildman–Crippen LogP) is 1.17. The predicted molar refractivity (Wildman–Crippen MR) is 70.4 cm³/mol. The second-order valence-electron chi connectivity index (χ2n) is 2.46. The smallest absolute Gasteiger partial charge is 0.194 e.